The largest absolute Gasteiger partial charge is 0.335 e. The van der Waals surface area contributed by atoms with Crippen molar-refractivity contribution in [3.05, 3.63) is 0 Å². The number of ether oxygens (including phenoxy) is 2. The maximum absolute atomic E-state index is 11.6. The Morgan fingerprint density at radius 1 is 1.10 bits per heavy atom. The third-order valence-corrected chi connectivity index (χ3v) is 6.01. The molecule has 0 radical (unpaired) electrons. The Hall–Kier alpha value is -0.490. The highest BCUT2D eigenvalue weighted by Gasteiger charge is 2.74. The van der Waals surface area contributed by atoms with E-state index in [1.165, 1.54) is 0 Å². The van der Waals surface area contributed by atoms with Gasteiger partial charge < -0.3 is 14.3 Å². The second kappa shape index (κ2) is 3.83. The average Bonchev–Trinajstić information content (AvgIpc) is 2.51. The van der Waals surface area contributed by atoms with Crippen LogP contribution in [0.3, 0.4) is 0 Å². The Labute approximate surface area is 118 Å². The van der Waals surface area contributed by atoms with E-state index in [-0.39, 0.29) is 5.92 Å². The molecule has 0 aromatic carbocycles. The summed E-state index contributed by atoms with van der Waals surface area (Å²) in [6.07, 6.45) is 4.20. The number of rotatable bonds is 1. The van der Waals surface area contributed by atoms with Crippen LogP contribution in [0.25, 0.3) is 0 Å². The number of carbonyl (C=O) groups excluding carboxylic acids is 1. The topological polar surface area (TPSA) is 54.0 Å². The lowest BCUT2D eigenvalue weighted by atomic mass is 9.60. The van der Waals surface area contributed by atoms with Crippen LogP contribution in [0.15, 0.2) is 0 Å². The van der Waals surface area contributed by atoms with Gasteiger partial charge in [0, 0.05) is 12.3 Å². The van der Waals surface area contributed by atoms with Gasteiger partial charge in [-0.05, 0) is 44.9 Å². The maximum atomic E-state index is 11.6. The molecule has 4 aliphatic heterocycles. The van der Waals surface area contributed by atoms with Crippen molar-refractivity contribution in [3.8, 4) is 0 Å². The van der Waals surface area contributed by atoms with Gasteiger partial charge in [0.05, 0.1) is 0 Å². The van der Waals surface area contributed by atoms with Crippen LogP contribution in [0.5, 0.6) is 0 Å². The first-order chi connectivity index (χ1) is 9.44. The molecule has 1 unspecified atom stereocenters. The van der Waals surface area contributed by atoms with Crippen LogP contribution in [-0.4, -0.2) is 29.6 Å². The van der Waals surface area contributed by atoms with Gasteiger partial charge in [-0.25, -0.2) is 9.78 Å². The Kier molecular flexibility index (Phi) is 2.52. The van der Waals surface area contributed by atoms with Gasteiger partial charge in [-0.15, -0.1) is 0 Å². The zero-order valence-corrected chi connectivity index (χ0v) is 12.3. The average molecular weight is 282 g/mol. The number of aldehydes is 1. The van der Waals surface area contributed by atoms with Gasteiger partial charge in [0.2, 0.25) is 5.79 Å². The Bertz CT molecular complexity index is 454. The van der Waals surface area contributed by atoms with Crippen molar-refractivity contribution in [2.75, 3.05) is 0 Å². The first kappa shape index (κ1) is 13.2. The lowest BCUT2D eigenvalue weighted by Gasteiger charge is -2.50. The van der Waals surface area contributed by atoms with Crippen molar-refractivity contribution >= 4 is 6.29 Å². The van der Waals surface area contributed by atoms with Gasteiger partial charge in [0.15, 0.2) is 18.2 Å². The molecule has 5 fully saturated rings. The quantitative estimate of drug-likeness (QED) is 0.545. The molecule has 4 heterocycles. The van der Waals surface area contributed by atoms with E-state index in [0.717, 1.165) is 32.0 Å². The zero-order chi connectivity index (χ0) is 14.2. The molecule has 0 N–H and O–H groups in total. The van der Waals surface area contributed by atoms with E-state index in [4.69, 9.17) is 19.2 Å². The van der Waals surface area contributed by atoms with E-state index >= 15 is 0 Å². The Morgan fingerprint density at radius 2 is 1.90 bits per heavy atom. The van der Waals surface area contributed by atoms with E-state index in [2.05, 4.69) is 6.92 Å². The normalized spacial score (nSPS) is 61.0. The Balaban J connectivity index is 1.85. The van der Waals surface area contributed by atoms with Crippen LogP contribution in [-0.2, 0) is 24.0 Å². The molecular formula is C15H22O5. The summed E-state index contributed by atoms with van der Waals surface area (Å²) >= 11 is 0. The predicted octanol–water partition coefficient (Wildman–Crippen LogP) is 2.19. The highest BCUT2D eigenvalue weighted by Crippen LogP contribution is 2.62. The van der Waals surface area contributed by atoms with Gasteiger partial charge in [-0.1, -0.05) is 6.92 Å². The van der Waals surface area contributed by atoms with Gasteiger partial charge in [0.1, 0.15) is 5.60 Å². The summed E-state index contributed by atoms with van der Waals surface area (Å²) in [7, 11) is 0. The van der Waals surface area contributed by atoms with Crippen LogP contribution in [0, 0.1) is 17.8 Å². The summed E-state index contributed by atoms with van der Waals surface area (Å²) in [5, 5.41) is 0. The van der Waals surface area contributed by atoms with Crippen molar-refractivity contribution in [2.24, 2.45) is 17.8 Å². The number of hydrogen-bond acceptors (Lipinski definition) is 5. The van der Waals surface area contributed by atoms with Gasteiger partial charge in [0.25, 0.3) is 0 Å². The number of carbonyl (C=O) groups is 1. The van der Waals surface area contributed by atoms with Gasteiger partial charge in [-0.2, -0.15) is 0 Å². The maximum Gasteiger partial charge on any atom is 0.201 e. The van der Waals surface area contributed by atoms with Crippen LogP contribution in [0.1, 0.15) is 46.5 Å². The molecule has 1 aliphatic carbocycles. The highest BCUT2D eigenvalue weighted by molar-refractivity contribution is 5.64. The molecule has 2 bridgehead atoms. The molecule has 5 aliphatic rings. The van der Waals surface area contributed by atoms with Crippen molar-refractivity contribution in [3.63, 3.8) is 0 Å². The number of hydrogen-bond donors (Lipinski definition) is 0. The smallest absolute Gasteiger partial charge is 0.201 e. The summed E-state index contributed by atoms with van der Waals surface area (Å²) in [6.45, 7) is 5.99. The molecule has 112 valence electrons. The summed E-state index contributed by atoms with van der Waals surface area (Å²) in [5.74, 6) is 0.0868. The molecular weight excluding hydrogens is 260 g/mol. The second-order valence-corrected chi connectivity index (χ2v) is 7.28. The fourth-order valence-electron chi connectivity index (χ4n) is 4.86. The molecule has 1 spiro atoms. The first-order valence-electron chi connectivity index (χ1n) is 7.62. The van der Waals surface area contributed by atoms with Crippen molar-refractivity contribution < 1.29 is 24.0 Å². The molecule has 4 saturated heterocycles. The van der Waals surface area contributed by atoms with E-state index in [0.29, 0.717) is 11.8 Å². The molecule has 0 amide bonds. The lowest BCUT2D eigenvalue weighted by molar-refractivity contribution is -0.541. The molecule has 1 saturated carbocycles. The lowest BCUT2D eigenvalue weighted by Crippen LogP contribution is -2.61. The van der Waals surface area contributed by atoms with Gasteiger partial charge >= 0.3 is 0 Å². The van der Waals surface area contributed by atoms with Crippen LogP contribution < -0.4 is 0 Å². The van der Waals surface area contributed by atoms with Crippen LogP contribution in [0.2, 0.25) is 0 Å². The van der Waals surface area contributed by atoms with Crippen molar-refractivity contribution in [2.45, 2.75) is 69.7 Å². The second-order valence-electron chi connectivity index (χ2n) is 7.28. The monoisotopic (exact) mass is 282 g/mol. The standard InChI is InChI=1S/C15H22O5/c1-9-4-5-11-13(2,8-16)17-12-15(11)10(9)6-7-14(3,18-12)19-20-15/h8-12H,4-7H2,1-3H3/t9-,10+,11+,12-,13?,14+,15-/m1/s1. The molecule has 0 aromatic rings. The molecule has 5 nitrogen and oxygen atoms in total. The fourth-order valence-corrected chi connectivity index (χ4v) is 4.86. The molecule has 0 aromatic heterocycles. The summed E-state index contributed by atoms with van der Waals surface area (Å²) in [4.78, 5) is 23.2. The van der Waals surface area contributed by atoms with Gasteiger partial charge in [-0.3, -0.25) is 0 Å². The third-order valence-electron chi connectivity index (χ3n) is 6.01. The summed E-state index contributed by atoms with van der Waals surface area (Å²) in [5.41, 5.74) is -1.46. The highest BCUT2D eigenvalue weighted by atomic mass is 17.3. The summed E-state index contributed by atoms with van der Waals surface area (Å²) in [6, 6.07) is 0. The van der Waals surface area contributed by atoms with E-state index < -0.39 is 23.3 Å². The SMILES string of the molecule is C[C@@H]1CC[C@H]2C(C)(C=O)O[C@@H]3O[C@]4(C)CC[C@@H]1[C@]32OO4. The van der Waals surface area contributed by atoms with E-state index in [9.17, 15) is 4.79 Å². The first-order valence-corrected chi connectivity index (χ1v) is 7.62. The minimum atomic E-state index is -0.838. The zero-order valence-electron chi connectivity index (χ0n) is 12.3. The molecule has 20 heavy (non-hydrogen) atoms. The minimum absolute atomic E-state index is 0.00125. The molecule has 5 rings (SSSR count). The summed E-state index contributed by atoms with van der Waals surface area (Å²) < 4.78 is 12.1. The van der Waals surface area contributed by atoms with E-state index in [1.54, 1.807) is 0 Å². The predicted molar refractivity (Wildman–Crippen MR) is 68.3 cm³/mol. The molecule has 5 heteroatoms. The fraction of sp³-hybridized carbons (Fsp3) is 0.933. The third kappa shape index (κ3) is 1.39. The Morgan fingerprint density at radius 3 is 2.65 bits per heavy atom. The minimum Gasteiger partial charge on any atom is -0.335 e. The van der Waals surface area contributed by atoms with E-state index in [1.807, 2.05) is 13.8 Å². The van der Waals surface area contributed by atoms with Crippen molar-refractivity contribution in [1.29, 1.82) is 0 Å². The number of fused-ring (bicyclic) bond motifs is 2. The van der Waals surface area contributed by atoms with Crippen LogP contribution >= 0.6 is 0 Å². The molecule has 7 atom stereocenters. The van der Waals surface area contributed by atoms with Crippen LogP contribution in [0.4, 0.5) is 0 Å². The van der Waals surface area contributed by atoms with Crippen molar-refractivity contribution in [1.82, 2.24) is 0 Å².